The third-order valence-electron chi connectivity index (χ3n) is 4.11. The van der Waals surface area contributed by atoms with E-state index in [9.17, 15) is 18.3 Å². The fraction of sp³-hybridized carbons (Fsp3) is 0.667. The summed E-state index contributed by atoms with van der Waals surface area (Å²) in [5.41, 5.74) is -1.06. The summed E-state index contributed by atoms with van der Waals surface area (Å²) >= 11 is 0. The minimum absolute atomic E-state index is 0.0721. The minimum atomic E-state index is -3.80. The maximum Gasteiger partial charge on any atom is 0.310 e. The lowest BCUT2D eigenvalue weighted by Gasteiger charge is -2.27. The molecular weight excluding hydrogens is 282 g/mol. The molecular formula is C12H19N3O4S. The number of nitrogens with one attached hydrogen (secondary N) is 1. The highest BCUT2D eigenvalue weighted by Gasteiger charge is 2.47. The van der Waals surface area contributed by atoms with E-state index < -0.39 is 27.4 Å². The summed E-state index contributed by atoms with van der Waals surface area (Å²) < 4.78 is 28.7. The van der Waals surface area contributed by atoms with Crippen molar-refractivity contribution in [3.05, 3.63) is 12.0 Å². The van der Waals surface area contributed by atoms with Crippen LogP contribution in [0, 0.1) is 12.3 Å². The molecule has 0 spiro atoms. The summed E-state index contributed by atoms with van der Waals surface area (Å²) in [6.07, 6.45) is 3.10. The molecule has 0 bridgehead atoms. The number of hydrogen-bond donors (Lipinski definition) is 2. The van der Waals surface area contributed by atoms with Crippen LogP contribution in [0.2, 0.25) is 0 Å². The van der Waals surface area contributed by atoms with E-state index in [-0.39, 0.29) is 5.03 Å². The highest BCUT2D eigenvalue weighted by atomic mass is 32.2. The zero-order chi connectivity index (χ0) is 15.1. The molecule has 8 heteroatoms. The second-order valence-electron chi connectivity index (χ2n) is 5.53. The standard InChI is InChI=1S/C12H19N3O4S/c1-8-13-10(7-15(8)3)20(18,19)14-9-5-4-6-12(9,2)11(16)17/h7,9,14H,4-6H2,1-3H3,(H,16,17). The van der Waals surface area contributed by atoms with Crippen molar-refractivity contribution >= 4 is 16.0 Å². The van der Waals surface area contributed by atoms with Crippen LogP contribution in [0.3, 0.4) is 0 Å². The Bertz CT molecular complexity index is 618. The molecule has 1 saturated carbocycles. The number of rotatable bonds is 4. The highest BCUT2D eigenvalue weighted by Crippen LogP contribution is 2.38. The number of carboxylic acids is 1. The van der Waals surface area contributed by atoms with Gasteiger partial charge in [-0.05, 0) is 26.7 Å². The molecule has 1 aliphatic rings. The van der Waals surface area contributed by atoms with E-state index in [1.807, 2.05) is 0 Å². The Hall–Kier alpha value is -1.41. The Labute approximate surface area is 118 Å². The molecule has 2 atom stereocenters. The Balaban J connectivity index is 2.27. The number of nitrogens with zero attached hydrogens (tertiary/aromatic N) is 2. The summed E-state index contributed by atoms with van der Waals surface area (Å²) in [5, 5.41) is 9.23. The van der Waals surface area contributed by atoms with Gasteiger partial charge in [0.05, 0.1) is 5.41 Å². The first-order valence-electron chi connectivity index (χ1n) is 6.42. The zero-order valence-corrected chi connectivity index (χ0v) is 12.6. The summed E-state index contributed by atoms with van der Waals surface area (Å²) in [5.74, 6) is -0.391. The van der Waals surface area contributed by atoms with Crippen LogP contribution in [0.4, 0.5) is 0 Å². The molecule has 1 aromatic heterocycles. The molecule has 1 aromatic rings. The van der Waals surface area contributed by atoms with Gasteiger partial charge in [0.15, 0.2) is 5.03 Å². The van der Waals surface area contributed by atoms with Crippen molar-refractivity contribution in [1.29, 1.82) is 0 Å². The lowest BCUT2D eigenvalue weighted by atomic mass is 9.85. The lowest BCUT2D eigenvalue weighted by molar-refractivity contribution is -0.148. The van der Waals surface area contributed by atoms with Gasteiger partial charge in [-0.15, -0.1) is 0 Å². The van der Waals surface area contributed by atoms with Gasteiger partial charge in [-0.3, -0.25) is 4.79 Å². The van der Waals surface area contributed by atoms with Gasteiger partial charge in [-0.1, -0.05) is 6.42 Å². The van der Waals surface area contributed by atoms with Crippen LogP contribution in [0.5, 0.6) is 0 Å². The molecule has 0 amide bonds. The summed E-state index contributed by atoms with van der Waals surface area (Å²) in [7, 11) is -2.09. The van der Waals surface area contributed by atoms with Gasteiger partial charge in [0, 0.05) is 19.3 Å². The van der Waals surface area contributed by atoms with E-state index >= 15 is 0 Å². The number of aliphatic carboxylic acids is 1. The molecule has 1 aliphatic carbocycles. The molecule has 112 valence electrons. The van der Waals surface area contributed by atoms with Crippen LogP contribution < -0.4 is 4.72 Å². The lowest BCUT2D eigenvalue weighted by Crippen LogP contribution is -2.47. The van der Waals surface area contributed by atoms with Crippen molar-refractivity contribution in [3.8, 4) is 0 Å². The maximum absolute atomic E-state index is 12.3. The molecule has 0 saturated heterocycles. The van der Waals surface area contributed by atoms with Gasteiger partial charge in [-0.25, -0.2) is 18.1 Å². The van der Waals surface area contributed by atoms with Gasteiger partial charge in [0.25, 0.3) is 10.0 Å². The number of imidazole rings is 1. The van der Waals surface area contributed by atoms with Crippen LogP contribution in [0.1, 0.15) is 32.0 Å². The van der Waals surface area contributed by atoms with Crippen LogP contribution in [0.25, 0.3) is 0 Å². The number of carbonyl (C=O) groups is 1. The van der Waals surface area contributed by atoms with E-state index in [1.54, 1.807) is 25.5 Å². The average Bonchev–Trinajstić information content (AvgIpc) is 2.86. The Morgan fingerprint density at radius 3 is 2.75 bits per heavy atom. The molecule has 0 radical (unpaired) electrons. The fourth-order valence-electron chi connectivity index (χ4n) is 2.51. The summed E-state index contributed by atoms with van der Waals surface area (Å²) in [4.78, 5) is 15.3. The predicted octanol–water partition coefficient (Wildman–Crippen LogP) is 0.650. The minimum Gasteiger partial charge on any atom is -0.481 e. The summed E-state index contributed by atoms with van der Waals surface area (Å²) in [6, 6.07) is -0.604. The second kappa shape index (κ2) is 4.85. The van der Waals surface area contributed by atoms with E-state index in [4.69, 9.17) is 0 Å². The first kappa shape index (κ1) is 15.0. The zero-order valence-electron chi connectivity index (χ0n) is 11.8. The fourth-order valence-corrected chi connectivity index (χ4v) is 3.94. The molecule has 2 N–H and O–H groups in total. The quantitative estimate of drug-likeness (QED) is 0.850. The maximum atomic E-state index is 12.3. The van der Waals surface area contributed by atoms with E-state index in [0.717, 1.165) is 0 Å². The van der Waals surface area contributed by atoms with Crippen LogP contribution in [-0.2, 0) is 21.9 Å². The third kappa shape index (κ3) is 2.45. The first-order chi connectivity index (χ1) is 9.17. The van der Waals surface area contributed by atoms with Crippen molar-refractivity contribution < 1.29 is 18.3 Å². The number of aromatic nitrogens is 2. The van der Waals surface area contributed by atoms with E-state index in [0.29, 0.717) is 25.1 Å². The van der Waals surface area contributed by atoms with Crippen molar-refractivity contribution in [1.82, 2.24) is 14.3 Å². The number of sulfonamides is 1. The number of aryl methyl sites for hydroxylation is 2. The molecule has 0 aliphatic heterocycles. The van der Waals surface area contributed by atoms with Gasteiger partial charge in [0.2, 0.25) is 0 Å². The topological polar surface area (TPSA) is 101 Å². The monoisotopic (exact) mass is 301 g/mol. The molecule has 0 aromatic carbocycles. The van der Waals surface area contributed by atoms with Crippen molar-refractivity contribution in [2.45, 2.75) is 44.2 Å². The molecule has 1 heterocycles. The van der Waals surface area contributed by atoms with Crippen LogP contribution >= 0.6 is 0 Å². The number of carboxylic acid groups (broad SMARTS) is 1. The normalized spacial score (nSPS) is 26.9. The number of hydrogen-bond acceptors (Lipinski definition) is 4. The molecule has 1 fully saturated rings. The van der Waals surface area contributed by atoms with Crippen LogP contribution in [-0.4, -0.2) is 35.1 Å². The SMILES string of the molecule is Cc1nc(S(=O)(=O)NC2CCCC2(C)C(=O)O)cn1C. The van der Waals surface area contributed by atoms with E-state index in [1.165, 1.54) is 6.20 Å². The molecule has 2 rings (SSSR count). The van der Waals surface area contributed by atoms with Gasteiger partial charge in [0.1, 0.15) is 5.82 Å². The third-order valence-corrected chi connectivity index (χ3v) is 5.45. The van der Waals surface area contributed by atoms with Crippen molar-refractivity contribution in [2.24, 2.45) is 12.5 Å². The van der Waals surface area contributed by atoms with Crippen molar-refractivity contribution in [2.75, 3.05) is 0 Å². The van der Waals surface area contributed by atoms with Gasteiger partial charge >= 0.3 is 5.97 Å². The highest BCUT2D eigenvalue weighted by molar-refractivity contribution is 7.89. The van der Waals surface area contributed by atoms with Gasteiger partial charge in [-0.2, -0.15) is 0 Å². The molecule has 20 heavy (non-hydrogen) atoms. The Morgan fingerprint density at radius 1 is 1.60 bits per heavy atom. The predicted molar refractivity (Wildman–Crippen MR) is 71.6 cm³/mol. The first-order valence-corrected chi connectivity index (χ1v) is 7.91. The summed E-state index contributed by atoms with van der Waals surface area (Å²) in [6.45, 7) is 3.29. The Kier molecular flexibility index (Phi) is 3.64. The second-order valence-corrected chi connectivity index (χ2v) is 7.19. The molecule has 2 unspecified atom stereocenters. The van der Waals surface area contributed by atoms with E-state index in [2.05, 4.69) is 9.71 Å². The Morgan fingerprint density at radius 2 is 2.25 bits per heavy atom. The van der Waals surface area contributed by atoms with Gasteiger partial charge < -0.3 is 9.67 Å². The van der Waals surface area contributed by atoms with Crippen LogP contribution in [0.15, 0.2) is 11.2 Å². The van der Waals surface area contributed by atoms with Crippen molar-refractivity contribution in [3.63, 3.8) is 0 Å². The smallest absolute Gasteiger partial charge is 0.310 e. The largest absolute Gasteiger partial charge is 0.481 e. The average molecular weight is 301 g/mol. The molecule has 7 nitrogen and oxygen atoms in total.